The van der Waals surface area contributed by atoms with E-state index in [1.165, 1.54) is 16.7 Å². The van der Waals surface area contributed by atoms with Gasteiger partial charge in [0.15, 0.2) is 0 Å². The lowest BCUT2D eigenvalue weighted by Gasteiger charge is -2.32. The Labute approximate surface area is 158 Å². The third-order valence-corrected chi connectivity index (χ3v) is 6.57. The summed E-state index contributed by atoms with van der Waals surface area (Å²) >= 11 is 0. The second-order valence-corrected chi connectivity index (χ2v) is 9.91. The number of aryl methyl sites for hydroxylation is 1. The maximum absolute atomic E-state index is 12.6. The van der Waals surface area contributed by atoms with Crippen molar-refractivity contribution in [2.24, 2.45) is 0 Å². The zero-order valence-corrected chi connectivity index (χ0v) is 17.1. The Morgan fingerprint density at radius 2 is 1.96 bits per heavy atom. The molecule has 0 unspecified atom stereocenters. The number of hydrogen-bond donors (Lipinski definition) is 2. The first-order valence-corrected chi connectivity index (χ1v) is 10.4. The topological polar surface area (TPSA) is 67.2 Å². The average molecular weight is 376 g/mol. The minimum atomic E-state index is -1.24. The second kappa shape index (κ2) is 7.25. The fourth-order valence-electron chi connectivity index (χ4n) is 3.42. The van der Waals surface area contributed by atoms with Crippen LogP contribution < -0.4 is 4.72 Å². The minimum absolute atomic E-state index is 0.339. The Balaban J connectivity index is 1.98. The number of aromatic nitrogens is 2. The molecule has 0 amide bonds. The molecule has 0 radical (unpaired) electrons. The highest BCUT2D eigenvalue weighted by atomic mass is 32.2. The molecule has 1 aromatic carbocycles. The van der Waals surface area contributed by atoms with Crippen LogP contribution >= 0.6 is 0 Å². The molecule has 0 bridgehead atoms. The van der Waals surface area contributed by atoms with E-state index in [0.717, 1.165) is 30.6 Å². The van der Waals surface area contributed by atoms with Crippen LogP contribution in [-0.4, -0.2) is 29.9 Å². The Morgan fingerprint density at radius 1 is 1.27 bits per heavy atom. The molecule has 0 saturated heterocycles. The van der Waals surface area contributed by atoms with Gasteiger partial charge in [-0.2, -0.15) is 5.10 Å². The first-order valence-electron chi connectivity index (χ1n) is 9.27. The number of rotatable bonds is 6. The lowest BCUT2D eigenvalue weighted by atomic mass is 9.78. The summed E-state index contributed by atoms with van der Waals surface area (Å²) < 4.78 is 17.4. The van der Waals surface area contributed by atoms with Crippen molar-refractivity contribution >= 4 is 11.0 Å². The molecule has 0 spiro atoms. The van der Waals surface area contributed by atoms with Gasteiger partial charge in [-0.3, -0.25) is 4.68 Å². The summed E-state index contributed by atoms with van der Waals surface area (Å²) in [6.45, 7) is 10.5. The number of aliphatic hydroxyl groups excluding tert-OH is 1. The molecule has 142 valence electrons. The van der Waals surface area contributed by atoms with Crippen LogP contribution in [0.15, 0.2) is 24.4 Å². The summed E-state index contributed by atoms with van der Waals surface area (Å²) in [6, 6.07) is 5.91. The zero-order valence-electron chi connectivity index (χ0n) is 16.2. The van der Waals surface area contributed by atoms with E-state index in [1.54, 1.807) is 6.92 Å². The Hall–Kier alpha value is -1.50. The summed E-state index contributed by atoms with van der Waals surface area (Å²) in [6.07, 6.45) is 3.23. The zero-order chi connectivity index (χ0) is 19.1. The SMILES string of the molecule is CCn1nccc1-c1ccc([C@@H](N[S@@](=O)C(C)(C)C)[C@H](C)O)c2c1CC2. The third kappa shape index (κ3) is 3.50. The Bertz CT molecular complexity index is 821. The van der Waals surface area contributed by atoms with Crippen LogP contribution in [0.4, 0.5) is 0 Å². The molecule has 2 N–H and O–H groups in total. The van der Waals surface area contributed by atoms with Crippen molar-refractivity contribution in [1.82, 2.24) is 14.5 Å². The largest absolute Gasteiger partial charge is 0.391 e. The van der Waals surface area contributed by atoms with Crippen molar-refractivity contribution in [2.75, 3.05) is 0 Å². The van der Waals surface area contributed by atoms with Crippen LogP contribution in [-0.2, 0) is 30.4 Å². The quantitative estimate of drug-likeness (QED) is 0.815. The third-order valence-electron chi connectivity index (χ3n) is 4.99. The minimum Gasteiger partial charge on any atom is -0.391 e. The van der Waals surface area contributed by atoms with Gasteiger partial charge in [-0.15, -0.1) is 0 Å². The van der Waals surface area contributed by atoms with Crippen LogP contribution in [0.5, 0.6) is 0 Å². The van der Waals surface area contributed by atoms with Gasteiger partial charge in [-0.05, 0) is 70.2 Å². The monoisotopic (exact) mass is 375 g/mol. The second-order valence-electron chi connectivity index (χ2n) is 7.91. The molecule has 5 nitrogen and oxygen atoms in total. The van der Waals surface area contributed by atoms with Gasteiger partial charge < -0.3 is 5.11 Å². The van der Waals surface area contributed by atoms with Crippen LogP contribution in [0.25, 0.3) is 11.3 Å². The van der Waals surface area contributed by atoms with Crippen molar-refractivity contribution in [1.29, 1.82) is 0 Å². The summed E-state index contributed by atoms with van der Waals surface area (Å²) in [5, 5.41) is 14.7. The molecule has 1 heterocycles. The fraction of sp³-hybridized carbons (Fsp3) is 0.550. The van der Waals surface area contributed by atoms with Gasteiger partial charge in [0, 0.05) is 18.3 Å². The molecular weight excluding hydrogens is 346 g/mol. The van der Waals surface area contributed by atoms with Crippen LogP contribution in [0.2, 0.25) is 0 Å². The van der Waals surface area contributed by atoms with Gasteiger partial charge in [0.2, 0.25) is 0 Å². The standard InChI is InChI=1S/C20H29N3O2S/c1-6-23-18(11-12-21-23)16-9-10-17(15-8-7-14(15)16)19(13(2)24)22-26(25)20(3,4)5/h9-13,19,22,24H,6-8H2,1-5H3/t13-,19-,26-/m0/s1. The van der Waals surface area contributed by atoms with E-state index in [2.05, 4.69) is 34.9 Å². The van der Waals surface area contributed by atoms with Crippen LogP contribution in [0, 0.1) is 0 Å². The molecule has 3 rings (SSSR count). The van der Waals surface area contributed by atoms with Gasteiger partial charge in [-0.25, -0.2) is 8.93 Å². The predicted octanol–water partition coefficient (Wildman–Crippen LogP) is 3.14. The summed E-state index contributed by atoms with van der Waals surface area (Å²) in [7, 11) is -1.24. The summed E-state index contributed by atoms with van der Waals surface area (Å²) in [4.78, 5) is 0. The number of fused-ring (bicyclic) bond motifs is 1. The number of nitrogens with one attached hydrogen (secondary N) is 1. The first kappa shape index (κ1) is 19.3. The number of nitrogens with zero attached hydrogens (tertiary/aromatic N) is 2. The van der Waals surface area contributed by atoms with E-state index >= 15 is 0 Å². The van der Waals surface area contributed by atoms with E-state index < -0.39 is 17.1 Å². The lowest BCUT2D eigenvalue weighted by molar-refractivity contribution is 0.156. The fourth-order valence-corrected chi connectivity index (χ4v) is 4.33. The van der Waals surface area contributed by atoms with Crippen LogP contribution in [0.1, 0.15) is 57.4 Å². The van der Waals surface area contributed by atoms with E-state index in [4.69, 9.17) is 0 Å². The first-order chi connectivity index (χ1) is 12.2. The van der Waals surface area contributed by atoms with Gasteiger partial charge in [0.1, 0.15) is 0 Å². The number of hydrogen-bond acceptors (Lipinski definition) is 3. The Kier molecular flexibility index (Phi) is 5.37. The van der Waals surface area contributed by atoms with Crippen molar-refractivity contribution in [2.45, 2.75) is 70.9 Å². The molecular formula is C20H29N3O2S. The molecule has 0 aliphatic heterocycles. The molecule has 1 aromatic heterocycles. The molecule has 0 fully saturated rings. The molecule has 1 aliphatic carbocycles. The summed E-state index contributed by atoms with van der Waals surface area (Å²) in [5.74, 6) is 0. The van der Waals surface area contributed by atoms with E-state index in [1.807, 2.05) is 31.6 Å². The van der Waals surface area contributed by atoms with Crippen LogP contribution in [0.3, 0.4) is 0 Å². The lowest BCUT2D eigenvalue weighted by Crippen LogP contribution is -2.40. The van der Waals surface area contributed by atoms with E-state index in [-0.39, 0.29) is 10.8 Å². The summed E-state index contributed by atoms with van der Waals surface area (Å²) in [5.41, 5.74) is 6.01. The van der Waals surface area contributed by atoms with Crippen molar-refractivity contribution in [3.63, 3.8) is 0 Å². The maximum Gasteiger partial charge on any atom is 0.0976 e. The highest BCUT2D eigenvalue weighted by Gasteiger charge is 2.31. The van der Waals surface area contributed by atoms with Crippen molar-refractivity contribution in [3.8, 4) is 11.3 Å². The van der Waals surface area contributed by atoms with Gasteiger partial charge in [-0.1, -0.05) is 12.1 Å². The average Bonchev–Trinajstić information content (AvgIpc) is 3.00. The highest BCUT2D eigenvalue weighted by Crippen LogP contribution is 2.39. The molecule has 3 atom stereocenters. The van der Waals surface area contributed by atoms with E-state index in [0.29, 0.717) is 0 Å². The van der Waals surface area contributed by atoms with Crippen molar-refractivity contribution < 1.29 is 9.32 Å². The normalized spacial score (nSPS) is 17.3. The van der Waals surface area contributed by atoms with E-state index in [9.17, 15) is 9.32 Å². The number of aliphatic hydroxyl groups is 1. The molecule has 26 heavy (non-hydrogen) atoms. The highest BCUT2D eigenvalue weighted by molar-refractivity contribution is 7.84. The van der Waals surface area contributed by atoms with Gasteiger partial charge in [0.25, 0.3) is 0 Å². The molecule has 2 aromatic rings. The maximum atomic E-state index is 12.6. The Morgan fingerprint density at radius 3 is 2.50 bits per heavy atom. The van der Waals surface area contributed by atoms with Crippen molar-refractivity contribution in [3.05, 3.63) is 41.1 Å². The smallest absolute Gasteiger partial charge is 0.0976 e. The molecule has 1 aliphatic rings. The van der Waals surface area contributed by atoms with Gasteiger partial charge >= 0.3 is 0 Å². The van der Waals surface area contributed by atoms with Gasteiger partial charge in [0.05, 0.1) is 33.6 Å². The molecule has 0 saturated carbocycles. The number of benzene rings is 1. The predicted molar refractivity (Wildman–Crippen MR) is 106 cm³/mol. The molecule has 6 heteroatoms.